The van der Waals surface area contributed by atoms with Crippen LogP contribution in [0.2, 0.25) is 0 Å². The maximum atomic E-state index is 13.2. The fourth-order valence-corrected chi connectivity index (χ4v) is 3.96. The molecule has 0 saturated heterocycles. The summed E-state index contributed by atoms with van der Waals surface area (Å²) in [5.41, 5.74) is 1.63. The van der Waals surface area contributed by atoms with Crippen LogP contribution in [0.25, 0.3) is 22.1 Å². The number of phenolic OH excluding ortho intramolecular Hbond substituents is 3. The molecular weight excluding hydrogens is 400 g/mol. The van der Waals surface area contributed by atoms with Gasteiger partial charge in [-0.25, -0.2) is 0 Å². The Morgan fingerprint density at radius 2 is 1.52 bits per heavy atom. The second-order valence-electron chi connectivity index (χ2n) is 7.36. The van der Waals surface area contributed by atoms with Gasteiger partial charge in [0, 0.05) is 17.5 Å². The van der Waals surface area contributed by atoms with Gasteiger partial charge in [-0.2, -0.15) is 0 Å². The van der Waals surface area contributed by atoms with Crippen molar-refractivity contribution in [2.75, 3.05) is 0 Å². The molecule has 0 fully saturated rings. The van der Waals surface area contributed by atoms with Gasteiger partial charge in [-0.1, -0.05) is 24.3 Å². The third-order valence-corrected chi connectivity index (χ3v) is 5.44. The van der Waals surface area contributed by atoms with Crippen LogP contribution in [0.5, 0.6) is 23.0 Å². The van der Waals surface area contributed by atoms with Gasteiger partial charge in [-0.05, 0) is 35.4 Å². The molecule has 7 nitrogen and oxygen atoms in total. The maximum Gasteiger partial charge on any atom is 0.312 e. The van der Waals surface area contributed by atoms with Crippen LogP contribution in [0.15, 0.2) is 70.1 Å². The molecule has 4 aromatic rings. The first-order valence-electron chi connectivity index (χ1n) is 9.53. The number of fused-ring (bicyclic) bond motifs is 3. The highest BCUT2D eigenvalue weighted by atomic mass is 16.5. The minimum atomic E-state index is -0.484. The third-order valence-electron chi connectivity index (χ3n) is 5.44. The average Bonchev–Trinajstić information content (AvgIpc) is 2.74. The molecule has 0 aliphatic carbocycles. The van der Waals surface area contributed by atoms with Gasteiger partial charge < -0.3 is 24.5 Å². The molecule has 154 valence electrons. The molecule has 7 heteroatoms. The van der Waals surface area contributed by atoms with Crippen LogP contribution in [0.3, 0.4) is 0 Å². The van der Waals surface area contributed by atoms with E-state index in [-0.39, 0.29) is 46.0 Å². The van der Waals surface area contributed by atoms with Crippen LogP contribution in [-0.2, 0) is 4.79 Å². The van der Waals surface area contributed by atoms with Crippen LogP contribution in [0, 0.1) is 0 Å². The highest BCUT2D eigenvalue weighted by Gasteiger charge is 2.33. The van der Waals surface area contributed by atoms with E-state index in [1.807, 2.05) is 0 Å². The van der Waals surface area contributed by atoms with E-state index < -0.39 is 17.3 Å². The van der Waals surface area contributed by atoms with Crippen molar-refractivity contribution in [3.8, 4) is 34.1 Å². The van der Waals surface area contributed by atoms with Crippen LogP contribution >= 0.6 is 0 Å². The number of ether oxygens (including phenoxy) is 1. The summed E-state index contributed by atoms with van der Waals surface area (Å²) in [5.74, 6) is -1.05. The summed E-state index contributed by atoms with van der Waals surface area (Å²) in [4.78, 5) is 25.4. The second kappa shape index (κ2) is 6.91. The van der Waals surface area contributed by atoms with E-state index in [0.717, 1.165) is 5.56 Å². The molecule has 1 aromatic heterocycles. The van der Waals surface area contributed by atoms with Crippen molar-refractivity contribution in [1.82, 2.24) is 0 Å². The Morgan fingerprint density at radius 3 is 2.19 bits per heavy atom. The molecule has 1 atom stereocenters. The Hall–Kier alpha value is -4.26. The van der Waals surface area contributed by atoms with E-state index in [9.17, 15) is 24.9 Å². The van der Waals surface area contributed by atoms with Crippen molar-refractivity contribution in [3.63, 3.8) is 0 Å². The summed E-state index contributed by atoms with van der Waals surface area (Å²) in [6.07, 6.45) is 1.31. The number of phenols is 3. The van der Waals surface area contributed by atoms with Gasteiger partial charge in [0.15, 0.2) is 0 Å². The van der Waals surface area contributed by atoms with Gasteiger partial charge in [0.2, 0.25) is 5.43 Å². The predicted molar refractivity (Wildman–Crippen MR) is 111 cm³/mol. The largest absolute Gasteiger partial charge is 0.508 e. The fourth-order valence-electron chi connectivity index (χ4n) is 3.96. The van der Waals surface area contributed by atoms with Gasteiger partial charge in [0.05, 0.1) is 12.0 Å². The third kappa shape index (κ3) is 3.07. The standard InChI is InChI=1S/C24H16O7/c25-14-5-1-12(2-6-14)16-9-20(28)31-19-10-18(27)22-23(29)17(11-30-24(22)21(16)19)13-3-7-15(26)8-4-13/h1-8,10-11,16,25-27H,9H2/t16-/m0/s1. The van der Waals surface area contributed by atoms with Crippen molar-refractivity contribution < 1.29 is 29.3 Å². The van der Waals surface area contributed by atoms with E-state index in [1.165, 1.54) is 36.6 Å². The molecule has 3 aromatic carbocycles. The van der Waals surface area contributed by atoms with E-state index in [0.29, 0.717) is 11.1 Å². The quantitative estimate of drug-likeness (QED) is 0.334. The Kier molecular flexibility index (Phi) is 4.18. The van der Waals surface area contributed by atoms with Crippen LogP contribution in [0.1, 0.15) is 23.5 Å². The Morgan fingerprint density at radius 1 is 0.871 bits per heavy atom. The first-order chi connectivity index (χ1) is 14.9. The summed E-state index contributed by atoms with van der Waals surface area (Å²) in [5, 5.41) is 29.7. The van der Waals surface area contributed by atoms with Crippen LogP contribution in [0.4, 0.5) is 0 Å². The molecule has 3 N–H and O–H groups in total. The van der Waals surface area contributed by atoms with Crippen molar-refractivity contribution >= 4 is 16.9 Å². The zero-order valence-corrected chi connectivity index (χ0v) is 16.0. The molecule has 5 rings (SSSR count). The summed E-state index contributed by atoms with van der Waals surface area (Å²) >= 11 is 0. The highest BCUT2D eigenvalue weighted by molar-refractivity contribution is 5.94. The smallest absolute Gasteiger partial charge is 0.312 e. The fraction of sp³-hybridized carbons (Fsp3) is 0.0833. The zero-order valence-electron chi connectivity index (χ0n) is 16.0. The lowest BCUT2D eigenvalue weighted by Crippen LogP contribution is -2.22. The molecular formula is C24H16O7. The molecule has 0 amide bonds. The topological polar surface area (TPSA) is 117 Å². The first-order valence-corrected chi connectivity index (χ1v) is 9.53. The molecule has 0 unspecified atom stereocenters. The lowest BCUT2D eigenvalue weighted by atomic mass is 9.85. The lowest BCUT2D eigenvalue weighted by molar-refractivity contribution is -0.135. The molecule has 0 spiro atoms. The number of hydrogen-bond donors (Lipinski definition) is 3. The molecule has 0 saturated carbocycles. The van der Waals surface area contributed by atoms with Crippen molar-refractivity contribution in [1.29, 1.82) is 0 Å². The Labute approximate surface area is 175 Å². The van der Waals surface area contributed by atoms with Crippen LogP contribution in [-0.4, -0.2) is 21.3 Å². The van der Waals surface area contributed by atoms with E-state index in [1.54, 1.807) is 24.3 Å². The first kappa shape index (κ1) is 18.7. The number of rotatable bonds is 2. The number of carbonyl (C=O) groups is 1. The number of carbonyl (C=O) groups excluding carboxylic acids is 1. The van der Waals surface area contributed by atoms with Gasteiger partial charge in [0.25, 0.3) is 0 Å². The van der Waals surface area contributed by atoms with Gasteiger partial charge >= 0.3 is 5.97 Å². The minimum Gasteiger partial charge on any atom is -0.508 e. The van der Waals surface area contributed by atoms with Gasteiger partial charge in [0.1, 0.15) is 40.2 Å². The summed E-state index contributed by atoms with van der Waals surface area (Å²) in [6.45, 7) is 0. The Bertz CT molecular complexity index is 1380. The summed E-state index contributed by atoms with van der Waals surface area (Å²) < 4.78 is 11.2. The van der Waals surface area contributed by atoms with E-state index in [2.05, 4.69) is 0 Å². The minimum absolute atomic E-state index is 0.0150. The maximum absolute atomic E-state index is 13.2. The number of esters is 1. The zero-order chi connectivity index (χ0) is 21.7. The summed E-state index contributed by atoms with van der Waals surface area (Å²) in [6, 6.07) is 13.7. The molecule has 2 heterocycles. The molecule has 0 radical (unpaired) electrons. The van der Waals surface area contributed by atoms with Gasteiger partial charge in [-0.15, -0.1) is 0 Å². The predicted octanol–water partition coefficient (Wildman–Crippen LogP) is 4.02. The average molecular weight is 416 g/mol. The van der Waals surface area contributed by atoms with Gasteiger partial charge in [-0.3, -0.25) is 9.59 Å². The lowest BCUT2D eigenvalue weighted by Gasteiger charge is -2.26. The van der Waals surface area contributed by atoms with Crippen LogP contribution < -0.4 is 10.2 Å². The SMILES string of the molecule is O=C1C[C@@H](c2ccc(O)cc2)c2c(cc(O)c3c(=O)c(-c4ccc(O)cc4)coc23)O1. The van der Waals surface area contributed by atoms with Crippen molar-refractivity contribution in [2.45, 2.75) is 12.3 Å². The van der Waals surface area contributed by atoms with E-state index in [4.69, 9.17) is 9.15 Å². The number of benzene rings is 3. The highest BCUT2D eigenvalue weighted by Crippen LogP contribution is 2.45. The second-order valence-corrected chi connectivity index (χ2v) is 7.36. The Balaban J connectivity index is 1.77. The van der Waals surface area contributed by atoms with Crippen molar-refractivity contribution in [3.05, 3.63) is 82.2 Å². The monoisotopic (exact) mass is 416 g/mol. The van der Waals surface area contributed by atoms with E-state index >= 15 is 0 Å². The molecule has 1 aliphatic rings. The molecule has 1 aliphatic heterocycles. The summed E-state index contributed by atoms with van der Waals surface area (Å²) in [7, 11) is 0. The molecule has 0 bridgehead atoms. The molecule has 31 heavy (non-hydrogen) atoms. The normalized spacial score (nSPS) is 15.5. The number of hydrogen-bond acceptors (Lipinski definition) is 7. The van der Waals surface area contributed by atoms with Crippen molar-refractivity contribution in [2.24, 2.45) is 0 Å². The number of aromatic hydroxyl groups is 3.